The molecule has 0 saturated carbocycles. The van der Waals surface area contributed by atoms with Gasteiger partial charge in [0.05, 0.1) is 0 Å². The first-order valence-electron chi connectivity index (χ1n) is 4.55. The van der Waals surface area contributed by atoms with Crippen LogP contribution >= 0.6 is 23.4 Å². The van der Waals surface area contributed by atoms with Gasteiger partial charge in [0, 0.05) is 24.3 Å². The molecule has 82 valence electrons. The van der Waals surface area contributed by atoms with E-state index in [2.05, 4.69) is 15.0 Å². The molecule has 0 fully saturated rings. The van der Waals surface area contributed by atoms with Gasteiger partial charge in [0.2, 0.25) is 0 Å². The van der Waals surface area contributed by atoms with E-state index < -0.39 is 0 Å². The molecular weight excluding hydrogens is 244 g/mol. The zero-order valence-electron chi connectivity index (χ0n) is 8.30. The lowest BCUT2D eigenvalue weighted by molar-refractivity contribution is 1.07. The van der Waals surface area contributed by atoms with Gasteiger partial charge in [0.15, 0.2) is 5.82 Å². The van der Waals surface area contributed by atoms with E-state index in [1.165, 1.54) is 11.8 Å². The molecule has 2 aromatic heterocycles. The summed E-state index contributed by atoms with van der Waals surface area (Å²) in [6.07, 6.45) is 4.87. The number of hydrogen-bond donors (Lipinski definition) is 1. The Morgan fingerprint density at radius 1 is 1.19 bits per heavy atom. The van der Waals surface area contributed by atoms with E-state index in [9.17, 15) is 0 Å². The molecule has 2 N–H and O–H groups in total. The van der Waals surface area contributed by atoms with Crippen molar-refractivity contribution in [3.63, 3.8) is 0 Å². The Hall–Kier alpha value is -1.33. The van der Waals surface area contributed by atoms with E-state index in [-0.39, 0.29) is 0 Å². The molecule has 0 aromatic carbocycles. The highest BCUT2D eigenvalue weighted by Crippen LogP contribution is 2.24. The second-order valence-electron chi connectivity index (χ2n) is 3.02. The van der Waals surface area contributed by atoms with Crippen LogP contribution in [0.15, 0.2) is 35.7 Å². The van der Waals surface area contributed by atoms with E-state index in [4.69, 9.17) is 17.3 Å². The minimum atomic E-state index is 0.452. The van der Waals surface area contributed by atoms with Crippen LogP contribution in [0.2, 0.25) is 5.15 Å². The van der Waals surface area contributed by atoms with Gasteiger partial charge < -0.3 is 5.73 Å². The largest absolute Gasteiger partial charge is 0.381 e. The van der Waals surface area contributed by atoms with Gasteiger partial charge in [0.25, 0.3) is 0 Å². The van der Waals surface area contributed by atoms with Crippen LogP contribution in [-0.4, -0.2) is 15.0 Å². The van der Waals surface area contributed by atoms with E-state index >= 15 is 0 Å². The maximum absolute atomic E-state index is 5.78. The molecule has 4 nitrogen and oxygen atoms in total. The quantitative estimate of drug-likeness (QED) is 0.671. The van der Waals surface area contributed by atoms with Gasteiger partial charge in [-0.15, -0.1) is 0 Å². The summed E-state index contributed by atoms with van der Waals surface area (Å²) in [6, 6.07) is 3.73. The monoisotopic (exact) mass is 252 g/mol. The fourth-order valence-corrected chi connectivity index (χ4v) is 2.15. The molecule has 0 saturated heterocycles. The number of thioether (sulfide) groups is 1. The molecule has 0 bridgehead atoms. The van der Waals surface area contributed by atoms with Crippen molar-refractivity contribution >= 4 is 29.2 Å². The molecule has 2 rings (SSSR count). The van der Waals surface area contributed by atoms with E-state index in [0.29, 0.717) is 11.0 Å². The van der Waals surface area contributed by atoms with Gasteiger partial charge >= 0.3 is 0 Å². The lowest BCUT2D eigenvalue weighted by atomic mass is 10.3. The molecule has 2 aromatic rings. The molecule has 0 aliphatic heterocycles. The molecule has 0 radical (unpaired) electrons. The Labute approximate surface area is 102 Å². The summed E-state index contributed by atoms with van der Waals surface area (Å²) < 4.78 is 0. The SMILES string of the molecule is Nc1nccnc1SCc1ccnc(Cl)c1. The van der Waals surface area contributed by atoms with E-state index in [1.54, 1.807) is 18.6 Å². The average Bonchev–Trinajstić information content (AvgIpc) is 2.28. The van der Waals surface area contributed by atoms with Crippen LogP contribution in [0.3, 0.4) is 0 Å². The smallest absolute Gasteiger partial charge is 0.156 e. The van der Waals surface area contributed by atoms with Crippen LogP contribution in [0.25, 0.3) is 0 Å². The molecule has 16 heavy (non-hydrogen) atoms. The summed E-state index contributed by atoms with van der Waals surface area (Å²) in [5.74, 6) is 1.19. The van der Waals surface area contributed by atoms with E-state index in [1.807, 2.05) is 12.1 Å². The number of nitrogens with two attached hydrogens (primary N) is 1. The van der Waals surface area contributed by atoms with Gasteiger partial charge in [-0.3, -0.25) is 0 Å². The fourth-order valence-electron chi connectivity index (χ4n) is 1.13. The van der Waals surface area contributed by atoms with E-state index in [0.717, 1.165) is 16.3 Å². The Balaban J connectivity index is 2.05. The first-order chi connectivity index (χ1) is 7.75. The van der Waals surface area contributed by atoms with Crippen LogP contribution in [0.4, 0.5) is 5.82 Å². The normalized spacial score (nSPS) is 10.3. The Bertz CT molecular complexity index is 492. The van der Waals surface area contributed by atoms with Gasteiger partial charge in [-0.25, -0.2) is 15.0 Å². The fraction of sp³-hybridized carbons (Fsp3) is 0.100. The minimum Gasteiger partial charge on any atom is -0.381 e. The number of nitrogens with zero attached hydrogens (tertiary/aromatic N) is 3. The lowest BCUT2D eigenvalue weighted by Crippen LogP contribution is -1.95. The zero-order valence-corrected chi connectivity index (χ0v) is 9.87. The van der Waals surface area contributed by atoms with Crippen LogP contribution in [0.1, 0.15) is 5.56 Å². The van der Waals surface area contributed by atoms with Crippen LogP contribution < -0.4 is 5.73 Å². The molecule has 0 aliphatic carbocycles. The number of aromatic nitrogens is 3. The zero-order chi connectivity index (χ0) is 11.4. The maximum atomic E-state index is 5.78. The highest BCUT2D eigenvalue weighted by Gasteiger charge is 2.02. The Kier molecular flexibility index (Phi) is 3.58. The van der Waals surface area contributed by atoms with Crippen molar-refractivity contribution in [2.45, 2.75) is 10.8 Å². The maximum Gasteiger partial charge on any atom is 0.156 e. The third-order valence-electron chi connectivity index (χ3n) is 1.86. The third kappa shape index (κ3) is 2.84. The predicted molar refractivity (Wildman–Crippen MR) is 65.3 cm³/mol. The molecular formula is C10H9ClN4S. The van der Waals surface area contributed by atoms with Crippen molar-refractivity contribution in [3.8, 4) is 0 Å². The first-order valence-corrected chi connectivity index (χ1v) is 5.92. The van der Waals surface area contributed by atoms with Gasteiger partial charge in [-0.2, -0.15) is 0 Å². The van der Waals surface area contributed by atoms with Crippen molar-refractivity contribution in [2.24, 2.45) is 0 Å². The van der Waals surface area contributed by atoms with Gasteiger partial charge in [-0.05, 0) is 17.7 Å². The lowest BCUT2D eigenvalue weighted by Gasteiger charge is -2.03. The van der Waals surface area contributed by atoms with Gasteiger partial charge in [0.1, 0.15) is 10.2 Å². The summed E-state index contributed by atoms with van der Waals surface area (Å²) in [5.41, 5.74) is 6.76. The van der Waals surface area contributed by atoms with Crippen molar-refractivity contribution < 1.29 is 0 Å². The number of anilines is 1. The molecule has 0 aliphatic rings. The average molecular weight is 253 g/mol. The van der Waals surface area contributed by atoms with Gasteiger partial charge in [-0.1, -0.05) is 23.4 Å². The third-order valence-corrected chi connectivity index (χ3v) is 3.13. The molecule has 2 heterocycles. The molecule has 0 amide bonds. The molecule has 0 spiro atoms. The number of hydrogen-bond acceptors (Lipinski definition) is 5. The number of halogens is 1. The van der Waals surface area contributed by atoms with Crippen molar-refractivity contribution in [1.82, 2.24) is 15.0 Å². The minimum absolute atomic E-state index is 0.452. The summed E-state index contributed by atoms with van der Waals surface area (Å²) >= 11 is 7.31. The standard InChI is InChI=1S/C10H9ClN4S/c11-8-5-7(1-2-13-8)6-16-10-9(12)14-3-4-15-10/h1-5H,6H2,(H2,12,14). The topological polar surface area (TPSA) is 64.7 Å². The highest BCUT2D eigenvalue weighted by molar-refractivity contribution is 7.98. The number of nitrogen functional groups attached to an aromatic ring is 1. The molecule has 6 heteroatoms. The summed E-state index contributed by atoms with van der Waals surface area (Å²) in [7, 11) is 0. The van der Waals surface area contributed by atoms with Crippen molar-refractivity contribution in [1.29, 1.82) is 0 Å². The van der Waals surface area contributed by atoms with Crippen LogP contribution in [0.5, 0.6) is 0 Å². The van der Waals surface area contributed by atoms with Crippen molar-refractivity contribution in [3.05, 3.63) is 41.4 Å². The number of rotatable bonds is 3. The molecule has 0 atom stereocenters. The van der Waals surface area contributed by atoms with Crippen LogP contribution in [0, 0.1) is 0 Å². The second-order valence-corrected chi connectivity index (χ2v) is 4.37. The Morgan fingerprint density at radius 3 is 2.75 bits per heavy atom. The second kappa shape index (κ2) is 5.14. The van der Waals surface area contributed by atoms with Crippen LogP contribution in [-0.2, 0) is 5.75 Å². The first kappa shape index (κ1) is 11.2. The summed E-state index contributed by atoms with van der Waals surface area (Å²) in [4.78, 5) is 12.0. The predicted octanol–water partition coefficient (Wildman–Crippen LogP) is 2.40. The Morgan fingerprint density at radius 2 is 2.00 bits per heavy atom. The highest BCUT2D eigenvalue weighted by atomic mass is 35.5. The summed E-state index contributed by atoms with van der Waals surface area (Å²) in [6.45, 7) is 0. The van der Waals surface area contributed by atoms with Crippen molar-refractivity contribution in [2.75, 3.05) is 5.73 Å². The number of pyridine rings is 1. The summed E-state index contributed by atoms with van der Waals surface area (Å²) in [5, 5.41) is 1.22. The molecule has 0 unspecified atom stereocenters.